The van der Waals surface area contributed by atoms with E-state index in [4.69, 9.17) is 4.74 Å². The van der Waals surface area contributed by atoms with E-state index in [-0.39, 0.29) is 6.42 Å². The molecule has 0 aliphatic heterocycles. The molecule has 22 heavy (non-hydrogen) atoms. The van der Waals surface area contributed by atoms with Crippen molar-refractivity contribution in [3.63, 3.8) is 0 Å². The highest BCUT2D eigenvalue weighted by Gasteiger charge is 2.30. The molecule has 3 nitrogen and oxygen atoms in total. The molecule has 0 saturated carbocycles. The van der Waals surface area contributed by atoms with Gasteiger partial charge in [0.15, 0.2) is 0 Å². The van der Waals surface area contributed by atoms with E-state index in [1.54, 1.807) is 25.1 Å². The first-order valence-electron chi connectivity index (χ1n) is 7.32. The molecule has 1 unspecified atom stereocenters. The Bertz CT molecular complexity index is 620. The van der Waals surface area contributed by atoms with E-state index in [1.807, 2.05) is 54.6 Å². The van der Waals surface area contributed by atoms with Crippen LogP contribution >= 0.6 is 0 Å². The third-order valence-corrected chi connectivity index (χ3v) is 3.34. The van der Waals surface area contributed by atoms with Gasteiger partial charge < -0.3 is 9.84 Å². The molecule has 2 aromatic carbocycles. The number of esters is 1. The Balaban J connectivity index is 2.29. The maximum Gasteiger partial charge on any atom is 0.309 e. The van der Waals surface area contributed by atoms with Crippen LogP contribution in [0.3, 0.4) is 0 Å². The Morgan fingerprint density at radius 1 is 1.09 bits per heavy atom. The third-order valence-electron chi connectivity index (χ3n) is 3.34. The second-order valence-corrected chi connectivity index (χ2v) is 5.02. The van der Waals surface area contributed by atoms with Crippen molar-refractivity contribution in [3.8, 4) is 0 Å². The lowest BCUT2D eigenvalue weighted by atomic mass is 9.89. The summed E-state index contributed by atoms with van der Waals surface area (Å²) in [6, 6.07) is 18.8. The summed E-state index contributed by atoms with van der Waals surface area (Å²) < 4.78 is 4.98. The lowest BCUT2D eigenvalue weighted by Gasteiger charge is -2.24. The highest BCUT2D eigenvalue weighted by molar-refractivity contribution is 5.72. The minimum Gasteiger partial charge on any atom is -0.466 e. The van der Waals surface area contributed by atoms with Gasteiger partial charge >= 0.3 is 5.97 Å². The van der Waals surface area contributed by atoms with Crippen LogP contribution in [0.2, 0.25) is 0 Å². The lowest BCUT2D eigenvalue weighted by Crippen LogP contribution is -2.27. The van der Waals surface area contributed by atoms with Crippen molar-refractivity contribution < 1.29 is 14.6 Å². The van der Waals surface area contributed by atoms with E-state index in [1.165, 1.54) is 0 Å². The molecule has 2 aromatic rings. The van der Waals surface area contributed by atoms with Crippen LogP contribution in [0.25, 0.3) is 6.08 Å². The number of hydrogen-bond donors (Lipinski definition) is 1. The van der Waals surface area contributed by atoms with E-state index >= 15 is 0 Å². The summed E-state index contributed by atoms with van der Waals surface area (Å²) in [5.74, 6) is -0.424. The SMILES string of the molecule is CCOC(=O)CC(O)(/C=C/c1ccccc1)c1ccccc1. The van der Waals surface area contributed by atoms with Crippen LogP contribution in [-0.4, -0.2) is 17.7 Å². The summed E-state index contributed by atoms with van der Waals surface area (Å²) in [5.41, 5.74) is 0.236. The first-order valence-corrected chi connectivity index (χ1v) is 7.32. The molecule has 3 heteroatoms. The molecular formula is C19H20O3. The average molecular weight is 296 g/mol. The Hall–Kier alpha value is -2.39. The molecule has 0 aliphatic rings. The molecule has 1 atom stereocenters. The molecule has 0 aliphatic carbocycles. The molecule has 0 bridgehead atoms. The number of rotatable bonds is 6. The van der Waals surface area contributed by atoms with Crippen LogP contribution in [-0.2, 0) is 15.1 Å². The molecule has 2 rings (SSSR count). The number of aliphatic hydroxyl groups is 1. The van der Waals surface area contributed by atoms with Gasteiger partial charge in [-0.05, 0) is 24.1 Å². The normalized spacial score (nSPS) is 13.7. The number of benzene rings is 2. The number of carbonyl (C=O) groups excluding carboxylic acids is 1. The molecule has 0 fully saturated rings. The molecule has 0 aromatic heterocycles. The fraction of sp³-hybridized carbons (Fsp3) is 0.211. The van der Waals surface area contributed by atoms with E-state index in [0.29, 0.717) is 12.2 Å². The summed E-state index contributed by atoms with van der Waals surface area (Å²) in [6.45, 7) is 2.05. The van der Waals surface area contributed by atoms with E-state index < -0.39 is 11.6 Å². The van der Waals surface area contributed by atoms with Crippen LogP contribution < -0.4 is 0 Å². The Labute approximate surface area is 130 Å². The summed E-state index contributed by atoms with van der Waals surface area (Å²) in [6.07, 6.45) is 3.34. The zero-order valence-electron chi connectivity index (χ0n) is 12.6. The topological polar surface area (TPSA) is 46.5 Å². The number of hydrogen-bond acceptors (Lipinski definition) is 3. The smallest absolute Gasteiger partial charge is 0.309 e. The molecular weight excluding hydrogens is 276 g/mol. The molecule has 0 saturated heterocycles. The first-order chi connectivity index (χ1) is 10.6. The fourth-order valence-electron chi connectivity index (χ4n) is 2.21. The molecule has 0 amide bonds. The van der Waals surface area contributed by atoms with Gasteiger partial charge in [0.05, 0.1) is 13.0 Å². The van der Waals surface area contributed by atoms with Crippen molar-refractivity contribution in [2.45, 2.75) is 18.9 Å². The van der Waals surface area contributed by atoms with Gasteiger partial charge in [0.2, 0.25) is 0 Å². The van der Waals surface area contributed by atoms with Gasteiger partial charge in [-0.25, -0.2) is 0 Å². The molecule has 1 N–H and O–H groups in total. The van der Waals surface area contributed by atoms with Crippen LogP contribution in [0.5, 0.6) is 0 Å². The minimum absolute atomic E-state index is 0.117. The summed E-state index contributed by atoms with van der Waals surface area (Å²) in [4.78, 5) is 11.8. The Morgan fingerprint density at radius 2 is 1.68 bits per heavy atom. The molecule has 0 heterocycles. The van der Waals surface area contributed by atoms with Crippen LogP contribution in [0.15, 0.2) is 66.7 Å². The van der Waals surface area contributed by atoms with Crippen LogP contribution in [0.1, 0.15) is 24.5 Å². The molecule has 0 spiro atoms. The maximum atomic E-state index is 11.8. The zero-order chi connectivity index (χ0) is 15.8. The second kappa shape index (κ2) is 7.57. The van der Waals surface area contributed by atoms with Gasteiger partial charge in [-0.3, -0.25) is 4.79 Å². The number of carbonyl (C=O) groups is 1. The lowest BCUT2D eigenvalue weighted by molar-refractivity contribution is -0.147. The number of ether oxygens (including phenoxy) is 1. The summed E-state index contributed by atoms with van der Waals surface area (Å²) in [7, 11) is 0. The molecule has 114 valence electrons. The standard InChI is InChI=1S/C19H20O3/c1-2-22-18(20)15-19(21,17-11-7-4-8-12-17)14-13-16-9-5-3-6-10-16/h3-14,21H,2,15H2,1H3/b14-13+. The quantitative estimate of drug-likeness (QED) is 0.829. The van der Waals surface area contributed by atoms with Gasteiger partial charge in [-0.1, -0.05) is 66.7 Å². The predicted molar refractivity (Wildman–Crippen MR) is 87.1 cm³/mol. The van der Waals surface area contributed by atoms with Crippen molar-refractivity contribution >= 4 is 12.0 Å². The van der Waals surface area contributed by atoms with Gasteiger partial charge in [-0.15, -0.1) is 0 Å². The first kappa shape index (κ1) is 16.0. The van der Waals surface area contributed by atoms with Crippen molar-refractivity contribution in [1.82, 2.24) is 0 Å². The highest BCUT2D eigenvalue weighted by atomic mass is 16.5. The Morgan fingerprint density at radius 3 is 2.27 bits per heavy atom. The van der Waals surface area contributed by atoms with Crippen molar-refractivity contribution in [2.75, 3.05) is 6.61 Å². The van der Waals surface area contributed by atoms with E-state index in [2.05, 4.69) is 0 Å². The van der Waals surface area contributed by atoms with E-state index in [0.717, 1.165) is 5.56 Å². The van der Waals surface area contributed by atoms with Gasteiger partial charge in [0.1, 0.15) is 5.60 Å². The minimum atomic E-state index is -1.39. The van der Waals surface area contributed by atoms with Gasteiger partial charge in [0.25, 0.3) is 0 Å². The summed E-state index contributed by atoms with van der Waals surface area (Å²) in [5, 5.41) is 11.0. The maximum absolute atomic E-state index is 11.8. The highest BCUT2D eigenvalue weighted by Crippen LogP contribution is 2.28. The average Bonchev–Trinajstić information content (AvgIpc) is 2.55. The Kier molecular flexibility index (Phi) is 5.50. The van der Waals surface area contributed by atoms with Crippen molar-refractivity contribution in [2.24, 2.45) is 0 Å². The van der Waals surface area contributed by atoms with Gasteiger partial charge in [-0.2, -0.15) is 0 Å². The summed E-state index contributed by atoms with van der Waals surface area (Å²) >= 11 is 0. The largest absolute Gasteiger partial charge is 0.466 e. The monoisotopic (exact) mass is 296 g/mol. The van der Waals surface area contributed by atoms with Crippen molar-refractivity contribution in [3.05, 3.63) is 77.9 Å². The van der Waals surface area contributed by atoms with Crippen LogP contribution in [0.4, 0.5) is 0 Å². The molecule has 0 radical (unpaired) electrons. The van der Waals surface area contributed by atoms with Gasteiger partial charge in [0, 0.05) is 0 Å². The second-order valence-electron chi connectivity index (χ2n) is 5.02. The zero-order valence-corrected chi connectivity index (χ0v) is 12.6. The van der Waals surface area contributed by atoms with E-state index in [9.17, 15) is 9.90 Å². The van der Waals surface area contributed by atoms with Crippen molar-refractivity contribution in [1.29, 1.82) is 0 Å². The predicted octanol–water partition coefficient (Wildman–Crippen LogP) is 3.54. The fourth-order valence-corrected chi connectivity index (χ4v) is 2.21. The van der Waals surface area contributed by atoms with Crippen LogP contribution in [0, 0.1) is 0 Å². The third kappa shape index (κ3) is 4.30.